The van der Waals surface area contributed by atoms with Crippen molar-refractivity contribution in [3.05, 3.63) is 36.0 Å². The lowest BCUT2D eigenvalue weighted by molar-refractivity contribution is -0.0406. The van der Waals surface area contributed by atoms with Crippen molar-refractivity contribution in [2.75, 3.05) is 6.54 Å². The maximum absolute atomic E-state index is 14.7. The Labute approximate surface area is 138 Å². The van der Waals surface area contributed by atoms with E-state index in [-0.39, 0.29) is 11.6 Å². The van der Waals surface area contributed by atoms with E-state index in [1.807, 2.05) is 32.9 Å². The third-order valence-electron chi connectivity index (χ3n) is 4.99. The molecule has 1 fully saturated rings. The van der Waals surface area contributed by atoms with Crippen LogP contribution in [0.4, 0.5) is 4.39 Å². The van der Waals surface area contributed by atoms with Gasteiger partial charge in [-0.2, -0.15) is 0 Å². The summed E-state index contributed by atoms with van der Waals surface area (Å²) >= 11 is 0. The van der Waals surface area contributed by atoms with Crippen LogP contribution < -0.4 is 10.1 Å². The first-order valence-electron chi connectivity index (χ1n) is 8.52. The largest absolute Gasteiger partial charge is 0.471 e. The van der Waals surface area contributed by atoms with Gasteiger partial charge in [0, 0.05) is 36.3 Å². The van der Waals surface area contributed by atoms with E-state index < -0.39 is 11.6 Å². The Morgan fingerprint density at radius 2 is 2.26 bits per heavy atom. The highest BCUT2D eigenvalue weighted by molar-refractivity contribution is 5.37. The Bertz CT molecular complexity index is 590. The van der Waals surface area contributed by atoms with Crippen LogP contribution in [0.3, 0.4) is 0 Å². The van der Waals surface area contributed by atoms with Crippen LogP contribution in [-0.2, 0) is 0 Å². The van der Waals surface area contributed by atoms with Gasteiger partial charge < -0.3 is 10.1 Å². The molecule has 1 N–H and O–H groups in total. The Kier molecular flexibility index (Phi) is 4.21. The Hall–Kier alpha value is -1.42. The van der Waals surface area contributed by atoms with Gasteiger partial charge in [-0.3, -0.25) is 0 Å². The van der Waals surface area contributed by atoms with Gasteiger partial charge in [0.05, 0.1) is 0 Å². The highest BCUT2D eigenvalue weighted by Gasteiger charge is 2.46. The van der Waals surface area contributed by atoms with Crippen LogP contribution in [0.1, 0.15) is 69.8 Å². The third kappa shape index (κ3) is 3.14. The summed E-state index contributed by atoms with van der Waals surface area (Å²) in [5.74, 6) is 0.669. The topological polar surface area (TPSA) is 34.1 Å². The lowest BCUT2D eigenvalue weighted by Crippen LogP contribution is -2.49. The number of hydrogen-bond acceptors (Lipinski definition) is 3. The summed E-state index contributed by atoms with van der Waals surface area (Å²) in [5, 5.41) is 3.50. The van der Waals surface area contributed by atoms with E-state index in [0.717, 1.165) is 31.4 Å². The molecule has 4 heteroatoms. The summed E-state index contributed by atoms with van der Waals surface area (Å²) in [6.45, 7) is 10.2. The van der Waals surface area contributed by atoms with E-state index in [9.17, 15) is 4.39 Å². The smallest absolute Gasteiger partial charge is 0.218 e. The molecule has 1 aromatic heterocycles. The van der Waals surface area contributed by atoms with Crippen molar-refractivity contribution >= 4 is 0 Å². The van der Waals surface area contributed by atoms with Crippen molar-refractivity contribution in [3.8, 4) is 5.88 Å². The average Bonchev–Trinajstić information content (AvgIpc) is 2.48. The molecular weight excluding hydrogens is 291 g/mol. The first-order chi connectivity index (χ1) is 10.8. The van der Waals surface area contributed by atoms with Crippen molar-refractivity contribution in [2.45, 2.75) is 64.3 Å². The summed E-state index contributed by atoms with van der Waals surface area (Å²) in [6.07, 6.45) is 6.74. The second-order valence-electron chi connectivity index (χ2n) is 7.98. The third-order valence-corrected chi connectivity index (χ3v) is 4.99. The molecule has 1 unspecified atom stereocenters. The number of aromatic nitrogens is 1. The van der Waals surface area contributed by atoms with Crippen LogP contribution in [-0.4, -0.2) is 17.1 Å². The quantitative estimate of drug-likeness (QED) is 0.820. The second kappa shape index (κ2) is 5.90. The van der Waals surface area contributed by atoms with Crippen molar-refractivity contribution in [2.24, 2.45) is 5.41 Å². The number of pyridine rings is 1. The average molecular weight is 318 g/mol. The fourth-order valence-electron chi connectivity index (χ4n) is 3.47. The molecule has 23 heavy (non-hydrogen) atoms. The summed E-state index contributed by atoms with van der Waals surface area (Å²) in [4.78, 5) is 4.46. The first kappa shape index (κ1) is 16.4. The minimum Gasteiger partial charge on any atom is -0.471 e. The molecule has 1 aliphatic carbocycles. The van der Waals surface area contributed by atoms with E-state index in [1.165, 1.54) is 6.42 Å². The van der Waals surface area contributed by atoms with Crippen LogP contribution in [0.5, 0.6) is 5.88 Å². The summed E-state index contributed by atoms with van der Waals surface area (Å²) in [7, 11) is 0. The van der Waals surface area contributed by atoms with Gasteiger partial charge >= 0.3 is 0 Å². The number of nitrogens with one attached hydrogen (secondary N) is 1. The van der Waals surface area contributed by atoms with Gasteiger partial charge in [-0.25, -0.2) is 9.37 Å². The fourth-order valence-corrected chi connectivity index (χ4v) is 3.47. The van der Waals surface area contributed by atoms with E-state index >= 15 is 0 Å². The lowest BCUT2D eigenvalue weighted by atomic mass is 9.73. The van der Waals surface area contributed by atoms with Crippen LogP contribution in [0.15, 0.2) is 24.9 Å². The number of hydrogen-bond donors (Lipinski definition) is 1. The molecule has 0 saturated heterocycles. The van der Waals surface area contributed by atoms with Gasteiger partial charge in [-0.1, -0.05) is 26.8 Å². The molecule has 1 aromatic rings. The second-order valence-corrected chi connectivity index (χ2v) is 7.98. The molecule has 2 heterocycles. The van der Waals surface area contributed by atoms with E-state index in [4.69, 9.17) is 4.74 Å². The normalized spacial score (nSPS) is 23.6. The zero-order valence-electron chi connectivity index (χ0n) is 14.4. The molecule has 1 saturated carbocycles. The van der Waals surface area contributed by atoms with E-state index in [1.54, 1.807) is 6.20 Å². The summed E-state index contributed by atoms with van der Waals surface area (Å²) in [6, 6.07) is 2.08. The number of fused-ring (bicyclic) bond motifs is 1. The predicted molar refractivity (Wildman–Crippen MR) is 90.3 cm³/mol. The minimum atomic E-state index is -1.04. The van der Waals surface area contributed by atoms with E-state index in [2.05, 4.69) is 16.9 Å². The fraction of sp³-hybridized carbons (Fsp3) is 0.632. The van der Waals surface area contributed by atoms with Gasteiger partial charge in [0.15, 0.2) is 0 Å². The summed E-state index contributed by atoms with van der Waals surface area (Å²) in [5.41, 5.74) is 1.10. The molecule has 0 radical (unpaired) electrons. The SMILES string of the molecule is C=CCN[C@H]1CC2(CCC2)Oc2ncc(C(F)C(C)(C)C)cc21. The first-order valence-corrected chi connectivity index (χ1v) is 8.52. The van der Waals surface area contributed by atoms with E-state index in [0.29, 0.717) is 11.4 Å². The maximum Gasteiger partial charge on any atom is 0.218 e. The monoisotopic (exact) mass is 318 g/mol. The standard InChI is InChI=1S/C19H27FN2O/c1-5-9-21-15-11-19(7-6-8-19)23-17-14(15)10-13(12-22-17)16(20)18(2,3)4/h5,10,12,15-16,21H,1,6-9,11H2,2-4H3/t15-,16?/m0/s1. The minimum absolute atomic E-state index is 0.0699. The highest BCUT2D eigenvalue weighted by atomic mass is 19.1. The van der Waals surface area contributed by atoms with Crippen LogP contribution in [0, 0.1) is 5.41 Å². The van der Waals surface area contributed by atoms with Gasteiger partial charge in [0.2, 0.25) is 5.88 Å². The summed E-state index contributed by atoms with van der Waals surface area (Å²) < 4.78 is 20.9. The Morgan fingerprint density at radius 3 is 2.83 bits per heavy atom. The van der Waals surface area contributed by atoms with Crippen LogP contribution >= 0.6 is 0 Å². The van der Waals surface area contributed by atoms with Gasteiger partial charge in [0.25, 0.3) is 0 Å². The van der Waals surface area contributed by atoms with Crippen molar-refractivity contribution in [1.82, 2.24) is 10.3 Å². The molecule has 0 aromatic carbocycles. The predicted octanol–water partition coefficient (Wildman–Crippen LogP) is 4.66. The van der Waals surface area contributed by atoms with Gasteiger partial charge in [-0.15, -0.1) is 6.58 Å². The number of rotatable bonds is 4. The molecule has 0 amide bonds. The zero-order valence-corrected chi connectivity index (χ0v) is 14.4. The van der Waals surface area contributed by atoms with Crippen LogP contribution in [0.2, 0.25) is 0 Å². The maximum atomic E-state index is 14.7. The molecule has 2 atom stereocenters. The molecule has 3 rings (SSSR count). The zero-order chi connectivity index (χ0) is 16.7. The number of ether oxygens (including phenoxy) is 1. The molecule has 1 spiro atoms. The molecule has 2 aliphatic rings. The number of halogens is 1. The van der Waals surface area contributed by atoms with Crippen molar-refractivity contribution in [1.29, 1.82) is 0 Å². The van der Waals surface area contributed by atoms with Gasteiger partial charge in [0.1, 0.15) is 11.8 Å². The van der Waals surface area contributed by atoms with Gasteiger partial charge in [-0.05, 0) is 30.7 Å². The van der Waals surface area contributed by atoms with Crippen LogP contribution in [0.25, 0.3) is 0 Å². The molecule has 126 valence electrons. The molecule has 3 nitrogen and oxygen atoms in total. The lowest BCUT2D eigenvalue weighted by Gasteiger charge is -2.47. The molecule has 0 bridgehead atoms. The Morgan fingerprint density at radius 1 is 1.52 bits per heavy atom. The molecular formula is C19H27FN2O. The van der Waals surface area contributed by atoms with Crippen molar-refractivity contribution < 1.29 is 9.13 Å². The van der Waals surface area contributed by atoms with Crippen molar-refractivity contribution in [3.63, 3.8) is 0 Å². The molecule has 1 aliphatic heterocycles. The Balaban J connectivity index is 1.93. The number of alkyl halides is 1. The number of nitrogens with zero attached hydrogens (tertiary/aromatic N) is 1. The highest BCUT2D eigenvalue weighted by Crippen LogP contribution is 2.49.